The zero-order chi connectivity index (χ0) is 33.2. The van der Waals surface area contributed by atoms with Crippen LogP contribution in [0.3, 0.4) is 0 Å². The smallest absolute Gasteiger partial charge is 0.214 e. The van der Waals surface area contributed by atoms with Crippen molar-refractivity contribution in [3.05, 3.63) is 149 Å². The third kappa shape index (κ3) is 5.82. The lowest BCUT2D eigenvalue weighted by Gasteiger charge is -2.22. The molecule has 0 fully saturated rings. The van der Waals surface area contributed by atoms with Gasteiger partial charge in [-0.05, 0) is 84.0 Å². The summed E-state index contributed by atoms with van der Waals surface area (Å²) in [5.74, 6) is 1.87. The first-order valence-electron chi connectivity index (χ1n) is 18.3. The molecule has 0 saturated heterocycles. The maximum absolute atomic E-state index is 6.83. The van der Waals surface area contributed by atoms with Crippen LogP contribution >= 0.6 is 0 Å². The van der Waals surface area contributed by atoms with Gasteiger partial charge in [0.05, 0.1) is 10.9 Å². The van der Waals surface area contributed by atoms with Crippen LogP contribution in [-0.4, -0.2) is 21.4 Å². The summed E-state index contributed by atoms with van der Waals surface area (Å²) in [6.07, 6.45) is 17.1. The van der Waals surface area contributed by atoms with Gasteiger partial charge in [-0.25, -0.2) is 0 Å². The van der Waals surface area contributed by atoms with Crippen LogP contribution in [0.25, 0.3) is 38.5 Å². The molecule has 244 valence electrons. The molecular weight excluding hydrogens is 597 g/mol. The second-order valence-electron chi connectivity index (χ2n) is 13.5. The standard InChI is InChI=1S/C46H45N2O/c1-3-5-31-47-40(38-23-11-15-33-17-13-25-42(47)44(33)38)29-27-35-19-10-20-36(46(35)49-37-21-8-7-9-22-37)28-30-41-39-24-12-16-34-18-14-26-43(45(34)39)48(41)32-6-4-2/h7-9,11-18,21-30H,3-6,10,19-20,31-32H2,1-2H3/q+1. The minimum atomic E-state index is 0.877. The van der Waals surface area contributed by atoms with E-state index in [1.807, 2.05) is 6.07 Å². The third-order valence-corrected chi connectivity index (χ3v) is 10.3. The second-order valence-corrected chi connectivity index (χ2v) is 13.5. The number of nitrogens with zero attached hydrogens (tertiary/aromatic N) is 2. The van der Waals surface area contributed by atoms with Crippen molar-refractivity contribution in [3.63, 3.8) is 0 Å². The number of ether oxygens (including phenoxy) is 1. The molecule has 3 nitrogen and oxygen atoms in total. The van der Waals surface area contributed by atoms with Gasteiger partial charge in [0, 0.05) is 46.7 Å². The van der Waals surface area contributed by atoms with Crippen LogP contribution in [0.4, 0.5) is 5.69 Å². The number of rotatable bonds is 11. The van der Waals surface area contributed by atoms with Gasteiger partial charge in [-0.2, -0.15) is 4.58 Å². The van der Waals surface area contributed by atoms with Crippen molar-refractivity contribution in [3.8, 4) is 5.75 Å². The Morgan fingerprint density at radius 1 is 0.714 bits per heavy atom. The lowest BCUT2D eigenvalue weighted by Crippen LogP contribution is -2.16. The van der Waals surface area contributed by atoms with Crippen molar-refractivity contribution < 1.29 is 9.31 Å². The Bertz CT molecular complexity index is 2340. The Hall–Kier alpha value is -5.15. The van der Waals surface area contributed by atoms with E-state index in [1.165, 1.54) is 78.7 Å². The van der Waals surface area contributed by atoms with Crippen molar-refractivity contribution in [2.24, 2.45) is 0 Å². The van der Waals surface area contributed by atoms with Crippen LogP contribution in [0.5, 0.6) is 5.75 Å². The summed E-state index contributed by atoms with van der Waals surface area (Å²) in [6, 6.07) is 37.2. The molecule has 1 aromatic heterocycles. The molecule has 8 rings (SSSR count). The van der Waals surface area contributed by atoms with Crippen molar-refractivity contribution in [2.75, 3.05) is 6.54 Å². The molecule has 0 unspecified atom stereocenters. The summed E-state index contributed by atoms with van der Waals surface area (Å²) < 4.78 is 11.9. The number of unbranched alkanes of at least 4 members (excludes halogenated alkanes) is 2. The summed E-state index contributed by atoms with van der Waals surface area (Å²) in [5.41, 5.74) is 7.77. The van der Waals surface area contributed by atoms with Crippen LogP contribution < -0.4 is 10.1 Å². The van der Waals surface area contributed by atoms with Gasteiger partial charge >= 0.3 is 0 Å². The van der Waals surface area contributed by atoms with E-state index in [4.69, 9.17) is 4.74 Å². The van der Waals surface area contributed by atoms with E-state index < -0.39 is 0 Å². The molecule has 2 aliphatic rings. The summed E-state index contributed by atoms with van der Waals surface area (Å²) >= 11 is 0. The van der Waals surface area contributed by atoms with E-state index in [-0.39, 0.29) is 0 Å². The lowest BCUT2D eigenvalue weighted by atomic mass is 9.91. The Kier molecular flexibility index (Phi) is 8.74. The van der Waals surface area contributed by atoms with E-state index >= 15 is 0 Å². The third-order valence-electron chi connectivity index (χ3n) is 10.3. The molecule has 2 heterocycles. The van der Waals surface area contributed by atoms with Crippen LogP contribution in [0, 0.1) is 0 Å². The molecular formula is C46H45N2O+. The van der Waals surface area contributed by atoms with Gasteiger partial charge in [0.1, 0.15) is 18.1 Å². The van der Waals surface area contributed by atoms with Gasteiger partial charge in [0.15, 0.2) is 0 Å². The average molecular weight is 642 g/mol. The minimum Gasteiger partial charge on any atom is -0.457 e. The highest BCUT2D eigenvalue weighted by Crippen LogP contribution is 2.37. The van der Waals surface area contributed by atoms with Gasteiger partial charge in [-0.3, -0.25) is 0 Å². The quantitative estimate of drug-likeness (QED) is 0.129. The van der Waals surface area contributed by atoms with Crippen molar-refractivity contribution >= 4 is 49.9 Å². The molecule has 0 spiro atoms. The Balaban J connectivity index is 1.27. The molecule has 6 aromatic rings. The fourth-order valence-electron chi connectivity index (χ4n) is 7.86. The van der Waals surface area contributed by atoms with Crippen molar-refractivity contribution in [2.45, 2.75) is 65.3 Å². The summed E-state index contributed by atoms with van der Waals surface area (Å²) in [4.78, 5) is 0. The van der Waals surface area contributed by atoms with E-state index in [9.17, 15) is 0 Å². The molecule has 0 amide bonds. The zero-order valence-corrected chi connectivity index (χ0v) is 28.8. The normalized spacial score (nSPS) is 16.1. The molecule has 0 bridgehead atoms. The molecule has 1 aliphatic carbocycles. The number of hydrogen-bond acceptors (Lipinski definition) is 1. The van der Waals surface area contributed by atoms with Gasteiger partial charge in [0.25, 0.3) is 0 Å². The van der Waals surface area contributed by atoms with Gasteiger partial charge in [-0.1, -0.05) is 106 Å². The van der Waals surface area contributed by atoms with Crippen molar-refractivity contribution in [1.82, 2.24) is 4.57 Å². The highest BCUT2D eigenvalue weighted by atomic mass is 16.5. The van der Waals surface area contributed by atoms with Crippen molar-refractivity contribution in [1.29, 1.82) is 0 Å². The van der Waals surface area contributed by atoms with E-state index in [0.717, 1.165) is 56.7 Å². The largest absolute Gasteiger partial charge is 0.457 e. The van der Waals surface area contributed by atoms with Gasteiger partial charge in [0.2, 0.25) is 11.4 Å². The SMILES string of the molecule is CCCCn1/c(=C/C=C2\CCCC(/C=C/C3=[N+](CCCC)c4cccc5cccc3c45)=C2Oc2ccccc2)c2cccc3cccc1c32. The number of para-hydroxylation sites is 1. The predicted molar refractivity (Wildman–Crippen MR) is 207 cm³/mol. The molecule has 49 heavy (non-hydrogen) atoms. The highest BCUT2D eigenvalue weighted by Gasteiger charge is 2.30. The van der Waals surface area contributed by atoms with Gasteiger partial charge < -0.3 is 9.30 Å². The van der Waals surface area contributed by atoms with E-state index in [0.29, 0.717) is 0 Å². The van der Waals surface area contributed by atoms with Crippen LogP contribution in [-0.2, 0) is 6.54 Å². The molecule has 3 heteroatoms. The summed E-state index contributed by atoms with van der Waals surface area (Å²) in [6.45, 7) is 6.57. The first-order valence-corrected chi connectivity index (χ1v) is 18.3. The first-order chi connectivity index (χ1) is 24.2. The second kappa shape index (κ2) is 13.8. The van der Waals surface area contributed by atoms with E-state index in [2.05, 4.69) is 144 Å². The average Bonchev–Trinajstić information content (AvgIpc) is 3.62. The maximum atomic E-state index is 6.83. The molecule has 0 radical (unpaired) electrons. The number of benzene rings is 5. The van der Waals surface area contributed by atoms with Crippen LogP contribution in [0.1, 0.15) is 64.4 Å². The Morgan fingerprint density at radius 3 is 2.29 bits per heavy atom. The lowest BCUT2D eigenvalue weighted by molar-refractivity contribution is -0.436. The van der Waals surface area contributed by atoms with Crippen LogP contribution in [0.15, 0.2) is 138 Å². The molecule has 0 saturated carbocycles. The molecule has 5 aromatic carbocycles. The summed E-state index contributed by atoms with van der Waals surface area (Å²) in [5, 5.41) is 7.96. The molecule has 0 N–H and O–H groups in total. The minimum absolute atomic E-state index is 0.877. The molecule has 0 atom stereocenters. The van der Waals surface area contributed by atoms with E-state index in [1.54, 1.807) is 0 Å². The monoisotopic (exact) mass is 641 g/mol. The topological polar surface area (TPSA) is 17.2 Å². The number of hydrogen-bond donors (Lipinski definition) is 0. The number of aromatic nitrogens is 1. The molecule has 1 aliphatic heterocycles. The Labute approximate surface area is 289 Å². The highest BCUT2D eigenvalue weighted by molar-refractivity contribution is 6.19. The maximum Gasteiger partial charge on any atom is 0.214 e. The van der Waals surface area contributed by atoms with Gasteiger partial charge in [-0.15, -0.1) is 0 Å². The number of aryl methyl sites for hydroxylation is 1. The summed E-state index contributed by atoms with van der Waals surface area (Å²) in [7, 11) is 0. The Morgan fingerprint density at radius 2 is 1.47 bits per heavy atom. The fourth-order valence-corrected chi connectivity index (χ4v) is 7.86. The fraction of sp³-hybridized carbons (Fsp3) is 0.239. The first kappa shape index (κ1) is 31.1. The van der Waals surface area contributed by atoms with Crippen LogP contribution in [0.2, 0.25) is 0 Å². The number of allylic oxidation sites excluding steroid dienone is 5. The predicted octanol–water partition coefficient (Wildman–Crippen LogP) is 11.2. The zero-order valence-electron chi connectivity index (χ0n) is 28.8.